The van der Waals surface area contributed by atoms with Crippen LogP contribution in [0.25, 0.3) is 10.8 Å². The van der Waals surface area contributed by atoms with Gasteiger partial charge >= 0.3 is 0 Å². The van der Waals surface area contributed by atoms with Gasteiger partial charge in [0.25, 0.3) is 0 Å². The van der Waals surface area contributed by atoms with E-state index in [0.717, 1.165) is 0 Å². The second kappa shape index (κ2) is 4.09. The zero-order valence-corrected chi connectivity index (χ0v) is 13.5. The van der Waals surface area contributed by atoms with Gasteiger partial charge in [-0.3, -0.25) is 0 Å². The maximum absolute atomic E-state index is 2.35. The molecule has 1 aromatic heterocycles. The molecule has 2 rings (SSSR count). The number of benzene rings is 1. The molecule has 1 heteroatoms. The van der Waals surface area contributed by atoms with Gasteiger partial charge in [-0.15, -0.1) is 11.3 Å². The van der Waals surface area contributed by atoms with Gasteiger partial charge in [0.15, 0.2) is 0 Å². The third kappa shape index (κ3) is 2.33. The highest BCUT2D eigenvalue weighted by molar-refractivity contribution is 7.14. The average Bonchev–Trinajstić information content (AvgIpc) is 2.54. The number of rotatable bonds is 0. The van der Waals surface area contributed by atoms with Gasteiger partial charge in [-0.05, 0) is 28.5 Å². The van der Waals surface area contributed by atoms with Crippen LogP contribution in [0, 0.1) is 6.92 Å². The Bertz CT molecular complexity index is 574. The van der Waals surface area contributed by atoms with Crippen molar-refractivity contribution in [1.29, 1.82) is 0 Å². The molecule has 0 atom stereocenters. The quantitative estimate of drug-likeness (QED) is 0.561. The van der Waals surface area contributed by atoms with Crippen molar-refractivity contribution < 1.29 is 0 Å². The second-order valence-corrected chi connectivity index (χ2v) is 8.33. The lowest BCUT2D eigenvalue weighted by Crippen LogP contribution is -2.10. The molecule has 0 saturated heterocycles. The van der Waals surface area contributed by atoms with Crippen molar-refractivity contribution in [2.45, 2.75) is 59.3 Å². The number of hydrogen-bond donors (Lipinski definition) is 0. The van der Waals surface area contributed by atoms with Crippen LogP contribution in [0.2, 0.25) is 0 Å². The Morgan fingerprint density at radius 2 is 1.28 bits per heavy atom. The fourth-order valence-electron chi connectivity index (χ4n) is 2.37. The van der Waals surface area contributed by atoms with Crippen LogP contribution in [0.4, 0.5) is 0 Å². The maximum Gasteiger partial charge on any atom is 0.0181 e. The number of aryl methyl sites for hydroxylation is 1. The molecule has 0 N–H and O–H groups in total. The molecule has 1 aromatic carbocycles. The summed E-state index contributed by atoms with van der Waals surface area (Å²) in [5, 5.41) is 2.90. The Hall–Kier alpha value is -0.820. The van der Waals surface area contributed by atoms with E-state index in [1.54, 1.807) is 0 Å². The zero-order chi connectivity index (χ0) is 13.7. The monoisotopic (exact) mass is 260 g/mol. The Morgan fingerprint density at radius 1 is 0.778 bits per heavy atom. The average molecular weight is 260 g/mol. The first-order chi connectivity index (χ1) is 8.10. The molecule has 18 heavy (non-hydrogen) atoms. The minimum absolute atomic E-state index is 0.222. The smallest absolute Gasteiger partial charge is 0.0181 e. The van der Waals surface area contributed by atoms with Crippen LogP contribution in [0.15, 0.2) is 18.2 Å². The van der Waals surface area contributed by atoms with E-state index in [9.17, 15) is 0 Å². The van der Waals surface area contributed by atoms with E-state index < -0.39 is 0 Å². The van der Waals surface area contributed by atoms with Gasteiger partial charge in [0, 0.05) is 9.75 Å². The van der Waals surface area contributed by atoms with Crippen LogP contribution < -0.4 is 0 Å². The third-order valence-electron chi connectivity index (χ3n) is 3.23. The maximum atomic E-state index is 2.35. The van der Waals surface area contributed by atoms with E-state index in [4.69, 9.17) is 0 Å². The third-order valence-corrected chi connectivity index (χ3v) is 5.30. The first-order valence-electron chi connectivity index (χ1n) is 6.65. The van der Waals surface area contributed by atoms with Crippen molar-refractivity contribution in [3.63, 3.8) is 0 Å². The van der Waals surface area contributed by atoms with E-state index in [2.05, 4.69) is 66.7 Å². The minimum Gasteiger partial charge on any atom is -0.143 e. The summed E-state index contributed by atoms with van der Waals surface area (Å²) in [7, 11) is 0. The molecular weight excluding hydrogens is 236 g/mol. The molecule has 0 unspecified atom stereocenters. The van der Waals surface area contributed by atoms with E-state index in [1.165, 1.54) is 26.1 Å². The van der Waals surface area contributed by atoms with Crippen molar-refractivity contribution in [2.24, 2.45) is 0 Å². The first kappa shape index (κ1) is 13.6. The Kier molecular flexibility index (Phi) is 3.09. The number of thiophene rings is 1. The van der Waals surface area contributed by atoms with Crippen molar-refractivity contribution in [2.75, 3.05) is 0 Å². The summed E-state index contributed by atoms with van der Waals surface area (Å²) in [6.07, 6.45) is 0. The Morgan fingerprint density at radius 3 is 1.78 bits per heavy atom. The minimum atomic E-state index is 0.222. The SMILES string of the molecule is Cc1ccc2c(C(C)(C)C)sc(C(C)(C)C)c2c1. The lowest BCUT2D eigenvalue weighted by atomic mass is 9.88. The topological polar surface area (TPSA) is 0 Å². The van der Waals surface area contributed by atoms with Crippen LogP contribution in [-0.4, -0.2) is 0 Å². The van der Waals surface area contributed by atoms with Crippen LogP contribution in [-0.2, 0) is 10.8 Å². The van der Waals surface area contributed by atoms with Crippen LogP contribution in [0.1, 0.15) is 56.9 Å². The fourth-order valence-corrected chi connectivity index (χ4v) is 3.75. The van der Waals surface area contributed by atoms with E-state index in [-0.39, 0.29) is 10.8 Å². The molecular formula is C17H24S. The lowest BCUT2D eigenvalue weighted by molar-refractivity contribution is 0.604. The highest BCUT2D eigenvalue weighted by atomic mass is 32.1. The molecule has 0 spiro atoms. The molecule has 0 aliphatic heterocycles. The first-order valence-corrected chi connectivity index (χ1v) is 7.46. The summed E-state index contributed by atoms with van der Waals surface area (Å²) in [6, 6.07) is 6.88. The summed E-state index contributed by atoms with van der Waals surface area (Å²) in [6.45, 7) is 16.0. The zero-order valence-electron chi connectivity index (χ0n) is 12.6. The standard InChI is InChI=1S/C17H24S/c1-11-8-9-12-13(10-11)15(17(5,6)7)18-14(12)16(2,3)4/h8-10H,1-7H3. The lowest BCUT2D eigenvalue weighted by Gasteiger charge is -2.18. The van der Waals surface area contributed by atoms with E-state index in [1.807, 2.05) is 11.3 Å². The summed E-state index contributed by atoms with van der Waals surface area (Å²) in [4.78, 5) is 3.04. The number of fused-ring (bicyclic) bond motifs is 1. The van der Waals surface area contributed by atoms with Crippen LogP contribution in [0.3, 0.4) is 0 Å². The van der Waals surface area contributed by atoms with E-state index >= 15 is 0 Å². The van der Waals surface area contributed by atoms with Crippen LogP contribution in [0.5, 0.6) is 0 Å². The van der Waals surface area contributed by atoms with Gasteiger partial charge in [0.2, 0.25) is 0 Å². The van der Waals surface area contributed by atoms with Gasteiger partial charge in [0.1, 0.15) is 0 Å². The molecule has 0 amide bonds. The number of hydrogen-bond acceptors (Lipinski definition) is 1. The molecule has 2 aromatic rings. The summed E-state index contributed by atoms with van der Waals surface area (Å²) in [5.41, 5.74) is 1.80. The predicted molar refractivity (Wildman–Crippen MR) is 84.0 cm³/mol. The molecule has 0 radical (unpaired) electrons. The molecule has 0 fully saturated rings. The largest absolute Gasteiger partial charge is 0.143 e. The van der Waals surface area contributed by atoms with Gasteiger partial charge in [0.05, 0.1) is 0 Å². The van der Waals surface area contributed by atoms with Gasteiger partial charge in [-0.1, -0.05) is 65.3 Å². The summed E-state index contributed by atoms with van der Waals surface area (Å²) >= 11 is 2.00. The molecule has 1 heterocycles. The van der Waals surface area contributed by atoms with Crippen molar-refractivity contribution in [1.82, 2.24) is 0 Å². The summed E-state index contributed by atoms with van der Waals surface area (Å²) in [5.74, 6) is 0. The molecule has 0 bridgehead atoms. The van der Waals surface area contributed by atoms with Gasteiger partial charge in [-0.25, -0.2) is 0 Å². The highest BCUT2D eigenvalue weighted by Crippen LogP contribution is 2.44. The normalized spacial score (nSPS) is 13.3. The molecule has 0 saturated carbocycles. The van der Waals surface area contributed by atoms with E-state index in [0.29, 0.717) is 0 Å². The second-order valence-electron chi connectivity index (χ2n) is 7.31. The van der Waals surface area contributed by atoms with Crippen molar-refractivity contribution >= 4 is 22.1 Å². The molecule has 0 aliphatic carbocycles. The Balaban J connectivity index is 2.84. The van der Waals surface area contributed by atoms with Crippen LogP contribution >= 0.6 is 11.3 Å². The van der Waals surface area contributed by atoms with Gasteiger partial charge in [-0.2, -0.15) is 0 Å². The Labute approximate surface area is 115 Å². The van der Waals surface area contributed by atoms with Crippen molar-refractivity contribution in [3.05, 3.63) is 33.5 Å². The molecule has 0 nitrogen and oxygen atoms in total. The predicted octanol–water partition coefficient (Wildman–Crippen LogP) is 5.80. The highest BCUT2D eigenvalue weighted by Gasteiger charge is 2.26. The molecule has 0 aliphatic rings. The molecule has 98 valence electrons. The van der Waals surface area contributed by atoms with Crippen molar-refractivity contribution in [3.8, 4) is 0 Å². The summed E-state index contributed by atoms with van der Waals surface area (Å²) < 4.78 is 0. The van der Waals surface area contributed by atoms with Gasteiger partial charge < -0.3 is 0 Å². The fraction of sp³-hybridized carbons (Fsp3) is 0.529.